The molecule has 6 nitrogen and oxygen atoms in total. The molecule has 0 saturated carbocycles. The average molecular weight is 323 g/mol. The highest BCUT2D eigenvalue weighted by Crippen LogP contribution is 2.17. The van der Waals surface area contributed by atoms with Crippen molar-refractivity contribution >= 4 is 5.96 Å². The zero-order valence-corrected chi connectivity index (χ0v) is 14.3. The van der Waals surface area contributed by atoms with E-state index in [2.05, 4.69) is 15.6 Å². The molecule has 1 unspecified atom stereocenters. The highest BCUT2D eigenvalue weighted by Gasteiger charge is 2.07. The Bertz CT molecular complexity index is 449. The number of hydrogen-bond acceptors (Lipinski definition) is 4. The molecule has 0 bridgehead atoms. The third-order valence-corrected chi connectivity index (χ3v) is 3.23. The number of hydrogen-bond donors (Lipinski definition) is 3. The summed E-state index contributed by atoms with van der Waals surface area (Å²) in [7, 11) is 1.62. The number of aliphatic hydroxyl groups excluding tert-OH is 1. The first kappa shape index (κ1) is 19.3. The molecular formula is C17H29N3O3. The van der Waals surface area contributed by atoms with E-state index in [-0.39, 0.29) is 0 Å². The van der Waals surface area contributed by atoms with Gasteiger partial charge in [0.25, 0.3) is 0 Å². The molecule has 130 valence electrons. The number of benzene rings is 1. The molecule has 0 amide bonds. The number of nitrogens with one attached hydrogen (secondary N) is 2. The minimum atomic E-state index is -0.639. The quantitative estimate of drug-likeness (QED) is 0.347. The van der Waals surface area contributed by atoms with Gasteiger partial charge in [0.1, 0.15) is 5.75 Å². The van der Waals surface area contributed by atoms with E-state index in [4.69, 9.17) is 9.47 Å². The fourth-order valence-corrected chi connectivity index (χ4v) is 1.98. The van der Waals surface area contributed by atoms with Gasteiger partial charge in [0.05, 0.1) is 19.8 Å². The van der Waals surface area contributed by atoms with Gasteiger partial charge >= 0.3 is 0 Å². The Morgan fingerprint density at radius 1 is 1.22 bits per heavy atom. The summed E-state index contributed by atoms with van der Waals surface area (Å²) in [6.45, 7) is 7.32. The molecule has 23 heavy (non-hydrogen) atoms. The third-order valence-electron chi connectivity index (χ3n) is 3.23. The van der Waals surface area contributed by atoms with Gasteiger partial charge in [0.2, 0.25) is 0 Å². The first-order valence-corrected chi connectivity index (χ1v) is 8.13. The van der Waals surface area contributed by atoms with Gasteiger partial charge in [-0.1, -0.05) is 12.1 Å². The number of guanidine groups is 1. The number of methoxy groups -OCH3 is 1. The van der Waals surface area contributed by atoms with Gasteiger partial charge in [0.15, 0.2) is 5.96 Å². The zero-order valence-electron chi connectivity index (χ0n) is 14.3. The van der Waals surface area contributed by atoms with Crippen molar-refractivity contribution in [2.45, 2.75) is 26.4 Å². The Kier molecular flexibility index (Phi) is 9.83. The monoisotopic (exact) mass is 323 g/mol. The van der Waals surface area contributed by atoms with Gasteiger partial charge in [-0.15, -0.1) is 0 Å². The lowest BCUT2D eigenvalue weighted by Crippen LogP contribution is -2.38. The van der Waals surface area contributed by atoms with Gasteiger partial charge in [-0.3, -0.25) is 4.99 Å². The summed E-state index contributed by atoms with van der Waals surface area (Å²) < 4.78 is 10.4. The van der Waals surface area contributed by atoms with E-state index in [9.17, 15) is 5.11 Å². The molecule has 0 heterocycles. The maximum atomic E-state index is 10.2. The van der Waals surface area contributed by atoms with Crippen LogP contribution in [0.25, 0.3) is 0 Å². The molecule has 0 aliphatic heterocycles. The van der Waals surface area contributed by atoms with Crippen LogP contribution in [0.15, 0.2) is 29.3 Å². The van der Waals surface area contributed by atoms with Crippen molar-refractivity contribution in [1.82, 2.24) is 10.6 Å². The zero-order chi connectivity index (χ0) is 16.9. The van der Waals surface area contributed by atoms with Crippen LogP contribution in [0.1, 0.15) is 31.9 Å². The van der Waals surface area contributed by atoms with Crippen molar-refractivity contribution < 1.29 is 14.6 Å². The highest BCUT2D eigenvalue weighted by atomic mass is 16.5. The number of aliphatic imine (C=N–C) groups is 1. The van der Waals surface area contributed by atoms with Crippen LogP contribution < -0.4 is 15.4 Å². The van der Waals surface area contributed by atoms with Crippen molar-refractivity contribution in [2.24, 2.45) is 4.99 Å². The molecule has 1 aromatic carbocycles. The number of ether oxygens (including phenoxy) is 2. The van der Waals surface area contributed by atoms with Crippen molar-refractivity contribution in [3.63, 3.8) is 0 Å². The molecule has 1 rings (SSSR count). The lowest BCUT2D eigenvalue weighted by atomic mass is 10.1. The molecule has 0 aliphatic rings. The van der Waals surface area contributed by atoms with Gasteiger partial charge in [-0.2, -0.15) is 0 Å². The molecule has 3 N–H and O–H groups in total. The SMILES string of the molecule is CCNC(=NCC(O)c1ccc(OC)cc1)NCCCOCC. The molecule has 0 spiro atoms. The number of rotatable bonds is 10. The van der Waals surface area contributed by atoms with Crippen LogP contribution >= 0.6 is 0 Å². The van der Waals surface area contributed by atoms with Crippen LogP contribution in [0.4, 0.5) is 0 Å². The molecule has 1 atom stereocenters. The topological polar surface area (TPSA) is 75.1 Å². The van der Waals surface area contributed by atoms with Gasteiger partial charge in [0, 0.05) is 26.3 Å². The summed E-state index contributed by atoms with van der Waals surface area (Å²) in [4.78, 5) is 4.42. The number of aliphatic hydroxyl groups is 1. The Hall–Kier alpha value is -1.79. The van der Waals surface area contributed by atoms with E-state index in [1.54, 1.807) is 7.11 Å². The van der Waals surface area contributed by atoms with Crippen LogP contribution in [0, 0.1) is 0 Å². The van der Waals surface area contributed by atoms with Gasteiger partial charge in [-0.05, 0) is 38.0 Å². The van der Waals surface area contributed by atoms with Crippen molar-refractivity contribution in [3.05, 3.63) is 29.8 Å². The van der Waals surface area contributed by atoms with Crippen molar-refractivity contribution in [1.29, 1.82) is 0 Å². The van der Waals surface area contributed by atoms with Gasteiger partial charge < -0.3 is 25.2 Å². The summed E-state index contributed by atoms with van der Waals surface area (Å²) >= 11 is 0. The van der Waals surface area contributed by atoms with Crippen molar-refractivity contribution in [3.8, 4) is 5.75 Å². The maximum absolute atomic E-state index is 10.2. The normalized spacial score (nSPS) is 12.8. The van der Waals surface area contributed by atoms with E-state index in [0.717, 1.165) is 44.0 Å². The highest BCUT2D eigenvalue weighted by molar-refractivity contribution is 5.79. The third kappa shape index (κ3) is 7.85. The van der Waals surface area contributed by atoms with Gasteiger partial charge in [-0.25, -0.2) is 0 Å². The lowest BCUT2D eigenvalue weighted by molar-refractivity contribution is 0.145. The van der Waals surface area contributed by atoms with Crippen LogP contribution in [0.3, 0.4) is 0 Å². The predicted molar refractivity (Wildman–Crippen MR) is 93.0 cm³/mol. The second kappa shape index (κ2) is 11.7. The van der Waals surface area contributed by atoms with Crippen LogP contribution in [0.5, 0.6) is 5.75 Å². The molecule has 0 fully saturated rings. The largest absolute Gasteiger partial charge is 0.497 e. The smallest absolute Gasteiger partial charge is 0.191 e. The second-order valence-electron chi connectivity index (χ2n) is 4.99. The van der Waals surface area contributed by atoms with E-state index >= 15 is 0 Å². The molecule has 6 heteroatoms. The van der Waals surface area contributed by atoms with E-state index < -0.39 is 6.10 Å². The fraction of sp³-hybridized carbons (Fsp3) is 0.588. The van der Waals surface area contributed by atoms with Crippen LogP contribution in [0.2, 0.25) is 0 Å². The maximum Gasteiger partial charge on any atom is 0.191 e. The standard InChI is InChI=1S/C17H29N3O3/c1-4-18-17(19-11-6-12-23-5-2)20-13-16(21)14-7-9-15(22-3)10-8-14/h7-10,16,21H,4-6,11-13H2,1-3H3,(H2,18,19,20). The number of nitrogens with zero attached hydrogens (tertiary/aromatic N) is 1. The second-order valence-corrected chi connectivity index (χ2v) is 4.99. The Morgan fingerprint density at radius 3 is 2.57 bits per heavy atom. The molecule has 0 aromatic heterocycles. The summed E-state index contributed by atoms with van der Waals surface area (Å²) in [6, 6.07) is 7.36. The van der Waals surface area contributed by atoms with E-state index in [1.165, 1.54) is 0 Å². The molecule has 0 radical (unpaired) electrons. The molecule has 0 saturated heterocycles. The summed E-state index contributed by atoms with van der Waals surface area (Å²) in [5.41, 5.74) is 0.821. The van der Waals surface area contributed by atoms with Crippen LogP contribution in [-0.2, 0) is 4.74 Å². The fourth-order valence-electron chi connectivity index (χ4n) is 1.98. The average Bonchev–Trinajstić information content (AvgIpc) is 2.59. The minimum absolute atomic E-state index is 0.299. The first-order valence-electron chi connectivity index (χ1n) is 8.13. The molecule has 0 aliphatic carbocycles. The van der Waals surface area contributed by atoms with Crippen LogP contribution in [-0.4, -0.2) is 51.0 Å². The van der Waals surface area contributed by atoms with E-state index in [1.807, 2.05) is 38.1 Å². The van der Waals surface area contributed by atoms with Crippen molar-refractivity contribution in [2.75, 3.05) is 40.0 Å². The Morgan fingerprint density at radius 2 is 1.96 bits per heavy atom. The summed E-state index contributed by atoms with van der Waals surface area (Å²) in [5, 5.41) is 16.6. The Labute approximate surface area is 138 Å². The first-order chi connectivity index (χ1) is 11.2. The summed E-state index contributed by atoms with van der Waals surface area (Å²) in [6.07, 6.45) is 0.277. The Balaban J connectivity index is 2.47. The minimum Gasteiger partial charge on any atom is -0.497 e. The lowest BCUT2D eigenvalue weighted by Gasteiger charge is -2.13. The molecular weight excluding hydrogens is 294 g/mol. The summed E-state index contributed by atoms with van der Waals surface area (Å²) in [5.74, 6) is 1.48. The van der Waals surface area contributed by atoms with E-state index in [0.29, 0.717) is 12.5 Å². The molecule has 1 aromatic rings. The predicted octanol–water partition coefficient (Wildman–Crippen LogP) is 1.71.